The second-order valence-corrected chi connectivity index (χ2v) is 4.00. The van der Waals surface area contributed by atoms with Crippen molar-refractivity contribution < 1.29 is 5.11 Å². The van der Waals surface area contributed by atoms with Crippen molar-refractivity contribution in [2.24, 2.45) is 0 Å². The SMILES string of the molecule is CNc1cccc(N(CCCO)C(C)C)n1. The van der Waals surface area contributed by atoms with E-state index in [4.69, 9.17) is 5.11 Å². The molecule has 0 bridgehead atoms. The quantitative estimate of drug-likeness (QED) is 0.771. The highest BCUT2D eigenvalue weighted by Gasteiger charge is 2.11. The molecule has 1 aromatic rings. The van der Waals surface area contributed by atoms with Crippen LogP contribution < -0.4 is 10.2 Å². The molecule has 4 heteroatoms. The molecule has 0 aliphatic carbocycles. The highest BCUT2D eigenvalue weighted by Crippen LogP contribution is 2.16. The van der Waals surface area contributed by atoms with Crippen LogP contribution in [0.1, 0.15) is 20.3 Å². The molecular formula is C12H21N3O. The fourth-order valence-corrected chi connectivity index (χ4v) is 1.60. The Labute approximate surface area is 97.3 Å². The molecule has 16 heavy (non-hydrogen) atoms. The molecule has 90 valence electrons. The van der Waals surface area contributed by atoms with Gasteiger partial charge in [-0.3, -0.25) is 0 Å². The fraction of sp³-hybridized carbons (Fsp3) is 0.583. The lowest BCUT2D eigenvalue weighted by Gasteiger charge is -2.27. The molecule has 0 atom stereocenters. The molecule has 0 aliphatic rings. The van der Waals surface area contributed by atoms with Crippen molar-refractivity contribution in [3.63, 3.8) is 0 Å². The lowest BCUT2D eigenvalue weighted by atomic mass is 10.2. The van der Waals surface area contributed by atoms with Crippen LogP contribution in [0.2, 0.25) is 0 Å². The van der Waals surface area contributed by atoms with Gasteiger partial charge in [-0.05, 0) is 32.4 Å². The van der Waals surface area contributed by atoms with Crippen LogP contribution in [-0.4, -0.2) is 36.3 Å². The summed E-state index contributed by atoms with van der Waals surface area (Å²) < 4.78 is 0. The van der Waals surface area contributed by atoms with Crippen LogP contribution in [0, 0.1) is 0 Å². The van der Waals surface area contributed by atoms with Gasteiger partial charge in [-0.1, -0.05) is 6.07 Å². The molecule has 1 heterocycles. The number of nitrogens with zero attached hydrogens (tertiary/aromatic N) is 2. The fourth-order valence-electron chi connectivity index (χ4n) is 1.60. The summed E-state index contributed by atoms with van der Waals surface area (Å²) in [6, 6.07) is 6.31. The Morgan fingerprint density at radius 1 is 1.44 bits per heavy atom. The summed E-state index contributed by atoms with van der Waals surface area (Å²) in [5.74, 6) is 1.82. The van der Waals surface area contributed by atoms with Gasteiger partial charge < -0.3 is 15.3 Å². The molecule has 0 unspecified atom stereocenters. The number of aromatic nitrogens is 1. The van der Waals surface area contributed by atoms with E-state index in [1.54, 1.807) is 0 Å². The summed E-state index contributed by atoms with van der Waals surface area (Å²) in [7, 11) is 1.86. The normalized spacial score (nSPS) is 10.6. The molecule has 0 aromatic carbocycles. The third kappa shape index (κ3) is 3.38. The van der Waals surface area contributed by atoms with Gasteiger partial charge in [0.05, 0.1) is 0 Å². The first-order valence-corrected chi connectivity index (χ1v) is 5.71. The van der Waals surface area contributed by atoms with Crippen LogP contribution in [-0.2, 0) is 0 Å². The van der Waals surface area contributed by atoms with Crippen LogP contribution in [0.15, 0.2) is 18.2 Å². The standard InChI is InChI=1S/C12H21N3O/c1-10(2)15(8-5-9-16)12-7-4-6-11(13-3)14-12/h4,6-7,10,16H,5,8-9H2,1-3H3,(H,13,14). The molecule has 0 saturated heterocycles. The predicted molar refractivity (Wildman–Crippen MR) is 68.0 cm³/mol. The largest absolute Gasteiger partial charge is 0.396 e. The number of hydrogen-bond donors (Lipinski definition) is 2. The first kappa shape index (κ1) is 12.8. The van der Waals surface area contributed by atoms with Crippen molar-refractivity contribution in [1.82, 2.24) is 4.98 Å². The van der Waals surface area contributed by atoms with Crippen molar-refractivity contribution in [2.45, 2.75) is 26.3 Å². The Morgan fingerprint density at radius 2 is 2.19 bits per heavy atom. The maximum absolute atomic E-state index is 8.89. The molecule has 2 N–H and O–H groups in total. The van der Waals surface area contributed by atoms with Gasteiger partial charge in [0.25, 0.3) is 0 Å². The van der Waals surface area contributed by atoms with Crippen molar-refractivity contribution in [2.75, 3.05) is 30.4 Å². The van der Waals surface area contributed by atoms with Crippen molar-refractivity contribution >= 4 is 11.6 Å². The first-order chi connectivity index (χ1) is 7.69. The summed E-state index contributed by atoms with van der Waals surface area (Å²) in [6.07, 6.45) is 0.768. The van der Waals surface area contributed by atoms with Crippen LogP contribution in [0.3, 0.4) is 0 Å². The van der Waals surface area contributed by atoms with Gasteiger partial charge in [0.15, 0.2) is 0 Å². The van der Waals surface area contributed by atoms with Crippen LogP contribution in [0.5, 0.6) is 0 Å². The van der Waals surface area contributed by atoms with Crippen LogP contribution in [0.4, 0.5) is 11.6 Å². The Kier molecular flexibility index (Phi) is 5.05. The Bertz CT molecular complexity index is 315. The van der Waals surface area contributed by atoms with Crippen molar-refractivity contribution in [3.05, 3.63) is 18.2 Å². The molecule has 0 fully saturated rings. The lowest BCUT2D eigenvalue weighted by molar-refractivity contribution is 0.288. The Balaban J connectivity index is 2.82. The van der Waals surface area contributed by atoms with Gasteiger partial charge in [0, 0.05) is 26.2 Å². The van der Waals surface area contributed by atoms with Gasteiger partial charge in [-0.25, -0.2) is 4.98 Å². The van der Waals surface area contributed by atoms with E-state index in [1.807, 2.05) is 25.2 Å². The molecule has 0 aliphatic heterocycles. The number of nitrogens with one attached hydrogen (secondary N) is 1. The molecule has 1 aromatic heterocycles. The number of anilines is 2. The molecule has 0 spiro atoms. The van der Waals surface area contributed by atoms with Crippen LogP contribution in [0.25, 0.3) is 0 Å². The summed E-state index contributed by atoms with van der Waals surface area (Å²) in [5.41, 5.74) is 0. The minimum Gasteiger partial charge on any atom is -0.396 e. The monoisotopic (exact) mass is 223 g/mol. The molecule has 0 saturated carbocycles. The number of aliphatic hydroxyl groups is 1. The van der Waals surface area contributed by atoms with E-state index in [0.29, 0.717) is 6.04 Å². The maximum atomic E-state index is 8.89. The van der Waals surface area contributed by atoms with Gasteiger partial charge in [-0.2, -0.15) is 0 Å². The third-order valence-electron chi connectivity index (χ3n) is 2.47. The number of rotatable bonds is 6. The Hall–Kier alpha value is -1.29. The van der Waals surface area contributed by atoms with Gasteiger partial charge in [-0.15, -0.1) is 0 Å². The zero-order valence-corrected chi connectivity index (χ0v) is 10.3. The van der Waals surface area contributed by atoms with Gasteiger partial charge in [0.2, 0.25) is 0 Å². The topological polar surface area (TPSA) is 48.4 Å². The first-order valence-electron chi connectivity index (χ1n) is 5.71. The van der Waals surface area contributed by atoms with Crippen LogP contribution >= 0.6 is 0 Å². The van der Waals surface area contributed by atoms with E-state index in [9.17, 15) is 0 Å². The third-order valence-corrected chi connectivity index (χ3v) is 2.47. The summed E-state index contributed by atoms with van der Waals surface area (Å²) in [4.78, 5) is 6.69. The Morgan fingerprint density at radius 3 is 2.75 bits per heavy atom. The van der Waals surface area contributed by atoms with Gasteiger partial charge >= 0.3 is 0 Å². The van der Waals surface area contributed by atoms with Gasteiger partial charge in [0.1, 0.15) is 11.6 Å². The van der Waals surface area contributed by atoms with E-state index in [0.717, 1.165) is 24.6 Å². The molecule has 1 rings (SSSR count). The van der Waals surface area contributed by atoms with E-state index < -0.39 is 0 Å². The van der Waals surface area contributed by atoms with Crippen molar-refractivity contribution in [3.8, 4) is 0 Å². The zero-order chi connectivity index (χ0) is 12.0. The highest BCUT2D eigenvalue weighted by molar-refractivity contribution is 5.47. The maximum Gasteiger partial charge on any atom is 0.131 e. The predicted octanol–water partition coefficient (Wildman–Crippen LogP) is 1.72. The zero-order valence-electron chi connectivity index (χ0n) is 10.3. The lowest BCUT2D eigenvalue weighted by Crippen LogP contribution is -2.33. The number of hydrogen-bond acceptors (Lipinski definition) is 4. The average molecular weight is 223 g/mol. The van der Waals surface area contributed by atoms with E-state index in [-0.39, 0.29) is 6.61 Å². The second kappa shape index (κ2) is 6.33. The van der Waals surface area contributed by atoms with Crippen molar-refractivity contribution in [1.29, 1.82) is 0 Å². The number of pyridine rings is 1. The molecular weight excluding hydrogens is 202 g/mol. The minimum absolute atomic E-state index is 0.217. The molecule has 4 nitrogen and oxygen atoms in total. The molecule has 0 radical (unpaired) electrons. The smallest absolute Gasteiger partial charge is 0.131 e. The summed E-state index contributed by atoms with van der Waals surface area (Å²) in [5, 5.41) is 11.9. The van der Waals surface area contributed by atoms with E-state index in [2.05, 4.69) is 29.0 Å². The summed E-state index contributed by atoms with van der Waals surface area (Å²) >= 11 is 0. The second-order valence-electron chi connectivity index (χ2n) is 4.00. The number of aliphatic hydroxyl groups excluding tert-OH is 1. The van der Waals surface area contributed by atoms with E-state index >= 15 is 0 Å². The van der Waals surface area contributed by atoms with E-state index in [1.165, 1.54) is 0 Å². The molecule has 0 amide bonds. The average Bonchev–Trinajstić information content (AvgIpc) is 2.29. The minimum atomic E-state index is 0.217. The highest BCUT2D eigenvalue weighted by atomic mass is 16.3. The summed E-state index contributed by atoms with van der Waals surface area (Å²) in [6.45, 7) is 5.31.